The third-order valence-corrected chi connectivity index (χ3v) is 1.04. The number of amides is 1. The number of aromatic carboxylic acids is 1. The molecule has 0 aliphatic rings. The van der Waals surface area contributed by atoms with Crippen LogP contribution in [0, 0.1) is 0 Å². The smallest absolute Gasteiger partial charge is 0.337 e. The van der Waals surface area contributed by atoms with Crippen molar-refractivity contribution in [2.75, 3.05) is 14.1 Å². The van der Waals surface area contributed by atoms with E-state index in [1.165, 1.54) is 23.4 Å². The molecule has 14 heavy (non-hydrogen) atoms. The largest absolute Gasteiger partial charge is 0.478 e. The molecule has 1 amide bonds. The van der Waals surface area contributed by atoms with E-state index >= 15 is 0 Å². The summed E-state index contributed by atoms with van der Waals surface area (Å²) in [5.74, 6) is -0.982. The first-order valence-electron chi connectivity index (χ1n) is 3.69. The number of carbonyl (C=O) groups excluding carboxylic acids is 1. The molecule has 0 aromatic carbocycles. The lowest BCUT2D eigenvalue weighted by Crippen LogP contribution is -2.06. The highest BCUT2D eigenvalue weighted by molar-refractivity contribution is 5.86. The van der Waals surface area contributed by atoms with Crippen molar-refractivity contribution >= 4 is 12.4 Å². The number of carboxylic acid groups (broad SMARTS) is 1. The zero-order valence-electron chi connectivity index (χ0n) is 7.91. The summed E-state index contributed by atoms with van der Waals surface area (Å²) < 4.78 is 0. The van der Waals surface area contributed by atoms with Crippen molar-refractivity contribution in [3.05, 3.63) is 24.0 Å². The average Bonchev–Trinajstić information content (AvgIpc) is 2.20. The molecule has 1 N–H and O–H groups in total. The van der Waals surface area contributed by atoms with Crippen LogP contribution in [0.2, 0.25) is 0 Å². The summed E-state index contributed by atoms with van der Waals surface area (Å²) in [5, 5.41) is 15.1. The van der Waals surface area contributed by atoms with E-state index in [4.69, 9.17) is 5.11 Å². The van der Waals surface area contributed by atoms with Gasteiger partial charge in [-0.05, 0) is 6.07 Å². The Morgan fingerprint density at radius 2 is 2.07 bits per heavy atom. The molecule has 1 rings (SSSR count). The maximum atomic E-state index is 10.1. The molecular weight excluding hydrogens is 186 g/mol. The lowest BCUT2D eigenvalue weighted by Gasteiger charge is -1.93. The fourth-order valence-electron chi connectivity index (χ4n) is 0.417. The van der Waals surface area contributed by atoms with Crippen molar-refractivity contribution < 1.29 is 14.7 Å². The van der Waals surface area contributed by atoms with Crippen molar-refractivity contribution in [2.45, 2.75) is 0 Å². The van der Waals surface area contributed by atoms with Crippen LogP contribution in [0.1, 0.15) is 10.4 Å². The molecule has 0 atom stereocenters. The highest BCUT2D eigenvalue weighted by Gasteiger charge is 1.98. The SMILES string of the molecule is CN(C)C=O.O=C(O)c1ccnnc1. The number of carbonyl (C=O) groups is 2. The zero-order chi connectivity index (χ0) is 11.0. The van der Waals surface area contributed by atoms with Gasteiger partial charge in [-0.25, -0.2) is 4.79 Å². The van der Waals surface area contributed by atoms with Gasteiger partial charge in [0.05, 0.1) is 18.0 Å². The van der Waals surface area contributed by atoms with Crippen molar-refractivity contribution in [3.8, 4) is 0 Å². The van der Waals surface area contributed by atoms with E-state index in [9.17, 15) is 9.59 Å². The van der Waals surface area contributed by atoms with Crippen LogP contribution in [0.4, 0.5) is 0 Å². The number of hydrogen-bond acceptors (Lipinski definition) is 4. The normalized spacial score (nSPS) is 8.14. The molecule has 0 radical (unpaired) electrons. The standard InChI is InChI=1S/C5H4N2O2.C3H7NO/c8-5(9)4-1-2-6-7-3-4;1-4(2)3-5/h1-3H,(H,8,9);3H,1-2H3. The lowest BCUT2D eigenvalue weighted by molar-refractivity contribution is -0.115. The average molecular weight is 197 g/mol. The number of nitrogens with zero attached hydrogens (tertiary/aromatic N) is 3. The van der Waals surface area contributed by atoms with Crippen molar-refractivity contribution in [1.29, 1.82) is 0 Å². The maximum Gasteiger partial charge on any atom is 0.337 e. The summed E-state index contributed by atoms with van der Waals surface area (Å²) in [6, 6.07) is 1.38. The molecule has 0 saturated heterocycles. The van der Waals surface area contributed by atoms with Crippen molar-refractivity contribution in [2.24, 2.45) is 0 Å². The van der Waals surface area contributed by atoms with Crippen LogP contribution >= 0.6 is 0 Å². The Kier molecular flexibility index (Phi) is 5.60. The number of hydrogen-bond donors (Lipinski definition) is 1. The molecule has 76 valence electrons. The third-order valence-electron chi connectivity index (χ3n) is 1.04. The third kappa shape index (κ3) is 5.64. The topological polar surface area (TPSA) is 83.4 Å². The van der Waals surface area contributed by atoms with Gasteiger partial charge in [0.1, 0.15) is 0 Å². The Morgan fingerprint density at radius 3 is 2.29 bits per heavy atom. The molecule has 1 aromatic rings. The van der Waals surface area contributed by atoms with E-state index < -0.39 is 5.97 Å². The minimum atomic E-state index is -0.982. The van der Waals surface area contributed by atoms with Gasteiger partial charge in [0.25, 0.3) is 0 Å². The van der Waals surface area contributed by atoms with Gasteiger partial charge in [0.2, 0.25) is 6.41 Å². The van der Waals surface area contributed by atoms with E-state index in [-0.39, 0.29) is 5.56 Å². The molecule has 0 spiro atoms. The minimum absolute atomic E-state index is 0.157. The van der Waals surface area contributed by atoms with E-state index in [0.717, 1.165) is 6.41 Å². The van der Waals surface area contributed by atoms with E-state index in [2.05, 4.69) is 10.2 Å². The first kappa shape index (κ1) is 12.0. The number of rotatable bonds is 2. The highest BCUT2D eigenvalue weighted by Crippen LogP contribution is 1.90. The van der Waals surface area contributed by atoms with Gasteiger partial charge < -0.3 is 10.0 Å². The van der Waals surface area contributed by atoms with E-state index in [1.807, 2.05) is 0 Å². The molecule has 0 aliphatic carbocycles. The number of carboxylic acids is 1. The second kappa shape index (κ2) is 6.53. The summed E-state index contributed by atoms with van der Waals surface area (Å²) in [6.45, 7) is 0. The van der Waals surface area contributed by atoms with Crippen LogP contribution in [-0.2, 0) is 4.79 Å². The zero-order valence-corrected chi connectivity index (χ0v) is 7.91. The second-order valence-corrected chi connectivity index (χ2v) is 2.51. The van der Waals surface area contributed by atoms with Gasteiger partial charge >= 0.3 is 5.97 Å². The van der Waals surface area contributed by atoms with Crippen LogP contribution < -0.4 is 0 Å². The molecule has 1 heterocycles. The Bertz CT molecular complexity index is 287. The molecule has 0 aliphatic heterocycles. The van der Waals surface area contributed by atoms with Crippen molar-refractivity contribution in [1.82, 2.24) is 15.1 Å². The fraction of sp³-hybridized carbons (Fsp3) is 0.250. The maximum absolute atomic E-state index is 10.1. The van der Waals surface area contributed by atoms with Crippen molar-refractivity contribution in [3.63, 3.8) is 0 Å². The Morgan fingerprint density at radius 1 is 1.50 bits per heavy atom. The molecule has 6 nitrogen and oxygen atoms in total. The van der Waals surface area contributed by atoms with E-state index in [0.29, 0.717) is 0 Å². The Labute approximate surface area is 81.2 Å². The van der Waals surface area contributed by atoms with Gasteiger partial charge in [-0.3, -0.25) is 4.79 Å². The second-order valence-electron chi connectivity index (χ2n) is 2.51. The molecule has 0 bridgehead atoms. The minimum Gasteiger partial charge on any atom is -0.478 e. The fourth-order valence-corrected chi connectivity index (χ4v) is 0.417. The summed E-state index contributed by atoms with van der Waals surface area (Å²) in [4.78, 5) is 21.0. The monoisotopic (exact) mass is 197 g/mol. The molecule has 1 aromatic heterocycles. The Hall–Kier alpha value is -1.98. The van der Waals surface area contributed by atoms with Crippen LogP contribution in [0.5, 0.6) is 0 Å². The summed E-state index contributed by atoms with van der Waals surface area (Å²) in [5.41, 5.74) is 0.157. The van der Waals surface area contributed by atoms with Gasteiger partial charge in [-0.1, -0.05) is 0 Å². The lowest BCUT2D eigenvalue weighted by atomic mass is 10.3. The van der Waals surface area contributed by atoms with Crippen LogP contribution in [-0.4, -0.2) is 46.7 Å². The first-order valence-corrected chi connectivity index (χ1v) is 3.69. The molecule has 0 saturated carbocycles. The predicted octanol–water partition coefficient (Wildman–Crippen LogP) is -0.121. The van der Waals surface area contributed by atoms with Gasteiger partial charge in [-0.2, -0.15) is 10.2 Å². The summed E-state index contributed by atoms with van der Waals surface area (Å²) in [6.07, 6.45) is 3.28. The summed E-state index contributed by atoms with van der Waals surface area (Å²) in [7, 11) is 3.38. The van der Waals surface area contributed by atoms with Gasteiger partial charge in [-0.15, -0.1) is 0 Å². The molecular formula is C8H11N3O3. The molecule has 0 fully saturated rings. The quantitative estimate of drug-likeness (QED) is 0.668. The van der Waals surface area contributed by atoms with Crippen LogP contribution in [0.3, 0.4) is 0 Å². The van der Waals surface area contributed by atoms with Crippen LogP contribution in [0.25, 0.3) is 0 Å². The summed E-state index contributed by atoms with van der Waals surface area (Å²) >= 11 is 0. The van der Waals surface area contributed by atoms with Crippen LogP contribution in [0.15, 0.2) is 18.5 Å². The van der Waals surface area contributed by atoms with Gasteiger partial charge in [0, 0.05) is 14.1 Å². The van der Waals surface area contributed by atoms with E-state index in [1.54, 1.807) is 14.1 Å². The highest BCUT2D eigenvalue weighted by atomic mass is 16.4. The predicted molar refractivity (Wildman–Crippen MR) is 48.7 cm³/mol. The molecule has 0 unspecified atom stereocenters. The Balaban J connectivity index is 0.000000292. The first-order chi connectivity index (χ1) is 6.57. The number of aromatic nitrogens is 2. The van der Waals surface area contributed by atoms with Gasteiger partial charge in [0.15, 0.2) is 0 Å². The molecule has 6 heteroatoms.